The van der Waals surface area contributed by atoms with Gasteiger partial charge in [0.25, 0.3) is 0 Å². The Morgan fingerprint density at radius 1 is 1.36 bits per heavy atom. The number of aryl methyl sites for hydroxylation is 1. The van der Waals surface area contributed by atoms with Gasteiger partial charge in [-0.3, -0.25) is 0 Å². The van der Waals surface area contributed by atoms with E-state index in [2.05, 4.69) is 39.3 Å². The number of rotatable bonds is 0. The number of anilines is 2. The van der Waals surface area contributed by atoms with E-state index in [0.29, 0.717) is 0 Å². The van der Waals surface area contributed by atoms with E-state index in [0.717, 1.165) is 18.2 Å². The maximum atomic E-state index is 4.40. The van der Waals surface area contributed by atoms with E-state index in [1.807, 2.05) is 13.0 Å². The third-order valence-corrected chi connectivity index (χ3v) is 2.50. The zero-order valence-electron chi connectivity index (χ0n) is 7.99. The van der Waals surface area contributed by atoms with Crippen LogP contribution in [0.3, 0.4) is 0 Å². The lowest BCUT2D eigenvalue weighted by atomic mass is 10.1. The summed E-state index contributed by atoms with van der Waals surface area (Å²) in [5, 5.41) is 3.31. The van der Waals surface area contributed by atoms with E-state index < -0.39 is 0 Å². The number of imidazole rings is 1. The third kappa shape index (κ3) is 1.02. The molecule has 0 atom stereocenters. The van der Waals surface area contributed by atoms with Gasteiger partial charge in [0, 0.05) is 11.9 Å². The summed E-state index contributed by atoms with van der Waals surface area (Å²) in [7, 11) is 0. The fraction of sp³-hybridized carbons (Fsp3) is 0.182. The van der Waals surface area contributed by atoms with Gasteiger partial charge in [0.2, 0.25) is 5.95 Å². The number of nitrogens with zero attached hydrogens (tertiary/aromatic N) is 2. The molecule has 0 amide bonds. The standard InChI is InChI=1S/C11H11N3/c1-8-6-14-7-9-4-2-3-5-10(9)13-11(14)12-8/h2-6H,7H2,1H3,(H,12,13). The highest BCUT2D eigenvalue weighted by Crippen LogP contribution is 2.27. The average molecular weight is 185 g/mol. The Bertz CT molecular complexity index is 443. The van der Waals surface area contributed by atoms with Crippen molar-refractivity contribution in [2.75, 3.05) is 5.32 Å². The van der Waals surface area contributed by atoms with Crippen LogP contribution >= 0.6 is 0 Å². The topological polar surface area (TPSA) is 29.9 Å². The number of benzene rings is 1. The van der Waals surface area contributed by atoms with Crippen LogP contribution in [0.1, 0.15) is 11.3 Å². The number of fused-ring (bicyclic) bond motifs is 2. The highest BCUT2D eigenvalue weighted by molar-refractivity contribution is 5.61. The monoisotopic (exact) mass is 185 g/mol. The number of para-hydroxylation sites is 1. The van der Waals surface area contributed by atoms with Gasteiger partial charge >= 0.3 is 0 Å². The zero-order chi connectivity index (χ0) is 9.54. The quantitative estimate of drug-likeness (QED) is 0.582. The van der Waals surface area contributed by atoms with Gasteiger partial charge in [-0.15, -0.1) is 0 Å². The second-order valence-electron chi connectivity index (χ2n) is 3.62. The van der Waals surface area contributed by atoms with Crippen molar-refractivity contribution in [3.8, 4) is 0 Å². The Morgan fingerprint density at radius 2 is 2.21 bits per heavy atom. The van der Waals surface area contributed by atoms with Crippen molar-refractivity contribution in [1.29, 1.82) is 0 Å². The molecule has 3 heteroatoms. The van der Waals surface area contributed by atoms with Crippen LogP contribution in [0.25, 0.3) is 0 Å². The summed E-state index contributed by atoms with van der Waals surface area (Å²) < 4.78 is 2.14. The maximum Gasteiger partial charge on any atom is 0.207 e. The molecular weight excluding hydrogens is 174 g/mol. The van der Waals surface area contributed by atoms with Gasteiger partial charge in [0.15, 0.2) is 0 Å². The molecule has 0 spiro atoms. The van der Waals surface area contributed by atoms with Gasteiger partial charge < -0.3 is 9.88 Å². The minimum absolute atomic E-state index is 0.916. The van der Waals surface area contributed by atoms with Gasteiger partial charge in [-0.25, -0.2) is 4.98 Å². The summed E-state index contributed by atoms with van der Waals surface area (Å²) >= 11 is 0. The Morgan fingerprint density at radius 3 is 3.14 bits per heavy atom. The first-order valence-electron chi connectivity index (χ1n) is 4.71. The third-order valence-electron chi connectivity index (χ3n) is 2.50. The van der Waals surface area contributed by atoms with Crippen LogP contribution < -0.4 is 5.32 Å². The van der Waals surface area contributed by atoms with Crippen molar-refractivity contribution in [2.24, 2.45) is 0 Å². The minimum atomic E-state index is 0.916. The summed E-state index contributed by atoms with van der Waals surface area (Å²) in [4.78, 5) is 4.40. The molecule has 1 aromatic heterocycles. The summed E-state index contributed by atoms with van der Waals surface area (Å²) in [6.45, 7) is 2.93. The van der Waals surface area contributed by atoms with E-state index in [9.17, 15) is 0 Å². The van der Waals surface area contributed by atoms with Gasteiger partial charge in [0.1, 0.15) is 0 Å². The molecule has 0 radical (unpaired) electrons. The van der Waals surface area contributed by atoms with Crippen molar-refractivity contribution < 1.29 is 0 Å². The predicted octanol–water partition coefficient (Wildman–Crippen LogP) is 2.30. The van der Waals surface area contributed by atoms with E-state index in [-0.39, 0.29) is 0 Å². The van der Waals surface area contributed by atoms with Crippen molar-refractivity contribution in [3.05, 3.63) is 41.7 Å². The van der Waals surface area contributed by atoms with Crippen LogP contribution in [0, 0.1) is 6.92 Å². The molecule has 1 aliphatic rings. The summed E-state index contributed by atoms with van der Waals surface area (Å²) in [5.74, 6) is 0.946. The van der Waals surface area contributed by atoms with Gasteiger partial charge in [0.05, 0.1) is 12.2 Å². The Balaban J connectivity index is 2.12. The summed E-state index contributed by atoms with van der Waals surface area (Å²) in [6, 6.07) is 8.33. The second-order valence-corrected chi connectivity index (χ2v) is 3.62. The number of hydrogen-bond donors (Lipinski definition) is 1. The van der Waals surface area contributed by atoms with Crippen LogP contribution in [0.4, 0.5) is 11.6 Å². The first kappa shape index (κ1) is 7.62. The fourth-order valence-electron chi connectivity index (χ4n) is 1.85. The lowest BCUT2D eigenvalue weighted by molar-refractivity contribution is 0.791. The van der Waals surface area contributed by atoms with Crippen LogP contribution in [-0.4, -0.2) is 9.55 Å². The average Bonchev–Trinajstić information content (AvgIpc) is 2.53. The lowest BCUT2D eigenvalue weighted by Crippen LogP contribution is -2.12. The molecule has 1 aromatic carbocycles. The number of hydrogen-bond acceptors (Lipinski definition) is 2. The molecule has 0 bridgehead atoms. The molecule has 0 saturated carbocycles. The normalized spacial score (nSPS) is 12.9. The molecule has 2 heterocycles. The molecule has 0 fully saturated rings. The molecular formula is C11H11N3. The minimum Gasteiger partial charge on any atom is -0.325 e. The van der Waals surface area contributed by atoms with Crippen LogP contribution in [0.15, 0.2) is 30.5 Å². The molecule has 3 nitrogen and oxygen atoms in total. The van der Waals surface area contributed by atoms with Gasteiger partial charge in [-0.1, -0.05) is 18.2 Å². The number of aromatic nitrogens is 2. The Hall–Kier alpha value is -1.77. The molecule has 0 aliphatic carbocycles. The maximum absolute atomic E-state index is 4.40. The SMILES string of the molecule is Cc1cn2c(n1)Nc1ccccc1C2. The second kappa shape index (κ2) is 2.61. The Labute approximate surface area is 82.4 Å². The molecule has 1 N–H and O–H groups in total. The van der Waals surface area contributed by atoms with E-state index >= 15 is 0 Å². The van der Waals surface area contributed by atoms with Crippen LogP contribution in [0.5, 0.6) is 0 Å². The number of nitrogens with one attached hydrogen (secondary N) is 1. The zero-order valence-corrected chi connectivity index (χ0v) is 7.99. The highest BCUT2D eigenvalue weighted by Gasteiger charge is 2.14. The van der Waals surface area contributed by atoms with Crippen molar-refractivity contribution in [2.45, 2.75) is 13.5 Å². The molecule has 2 aromatic rings. The Kier molecular flexibility index (Phi) is 1.42. The van der Waals surface area contributed by atoms with Crippen LogP contribution in [-0.2, 0) is 6.54 Å². The van der Waals surface area contributed by atoms with Crippen molar-refractivity contribution >= 4 is 11.6 Å². The summed E-state index contributed by atoms with van der Waals surface area (Å²) in [5.41, 5.74) is 3.54. The molecule has 70 valence electrons. The molecule has 14 heavy (non-hydrogen) atoms. The first-order valence-corrected chi connectivity index (χ1v) is 4.71. The van der Waals surface area contributed by atoms with Crippen molar-refractivity contribution in [1.82, 2.24) is 9.55 Å². The molecule has 0 saturated heterocycles. The molecule has 0 unspecified atom stereocenters. The van der Waals surface area contributed by atoms with Gasteiger partial charge in [-0.05, 0) is 18.6 Å². The predicted molar refractivity (Wildman–Crippen MR) is 55.8 cm³/mol. The molecule has 3 rings (SSSR count). The summed E-state index contributed by atoms with van der Waals surface area (Å²) in [6.07, 6.45) is 2.07. The lowest BCUT2D eigenvalue weighted by Gasteiger charge is -2.18. The van der Waals surface area contributed by atoms with Crippen molar-refractivity contribution in [3.63, 3.8) is 0 Å². The van der Waals surface area contributed by atoms with Gasteiger partial charge in [-0.2, -0.15) is 0 Å². The highest BCUT2D eigenvalue weighted by atomic mass is 15.2. The smallest absolute Gasteiger partial charge is 0.207 e. The van der Waals surface area contributed by atoms with E-state index in [1.54, 1.807) is 0 Å². The van der Waals surface area contributed by atoms with E-state index in [4.69, 9.17) is 0 Å². The largest absolute Gasteiger partial charge is 0.325 e. The van der Waals surface area contributed by atoms with E-state index in [1.165, 1.54) is 11.3 Å². The fourth-order valence-corrected chi connectivity index (χ4v) is 1.85. The molecule has 1 aliphatic heterocycles. The first-order chi connectivity index (χ1) is 6.83. The van der Waals surface area contributed by atoms with Crippen LogP contribution in [0.2, 0.25) is 0 Å².